The zero-order valence-electron chi connectivity index (χ0n) is 23.3. The Morgan fingerprint density at radius 2 is 1.26 bits per heavy atom. The van der Waals surface area contributed by atoms with Crippen molar-refractivity contribution < 1.29 is 19.1 Å². The van der Waals surface area contributed by atoms with Crippen LogP contribution in [0.1, 0.15) is 69.1 Å². The molecule has 0 radical (unpaired) electrons. The van der Waals surface area contributed by atoms with Gasteiger partial charge in [0.15, 0.2) is 10.2 Å². The number of hydrogen-bond acceptors (Lipinski definition) is 6. The molecule has 208 valence electrons. The minimum absolute atomic E-state index is 0.154. The Kier molecular flexibility index (Phi) is 13.1. The first kappa shape index (κ1) is 31.0. The number of methoxy groups -OCH3 is 1. The van der Waals surface area contributed by atoms with Crippen LogP contribution in [0.5, 0.6) is 5.75 Å². The van der Waals surface area contributed by atoms with Gasteiger partial charge in [-0.2, -0.15) is 0 Å². The number of rotatable bonds is 16. The SMILES string of the molecule is CCCCC(=O)SC[C@@H](COC(c1ccccc1)(c1ccccc1)c1ccc(OC)cc1)SC(=O)CCCC. The Hall–Kier alpha value is -2.54. The van der Waals surface area contributed by atoms with Crippen molar-refractivity contribution in [1.29, 1.82) is 0 Å². The van der Waals surface area contributed by atoms with Crippen LogP contribution in [0.25, 0.3) is 0 Å². The van der Waals surface area contributed by atoms with Gasteiger partial charge in [0.25, 0.3) is 0 Å². The molecule has 1 atom stereocenters. The fourth-order valence-electron chi connectivity index (χ4n) is 4.40. The smallest absolute Gasteiger partial charge is 0.189 e. The summed E-state index contributed by atoms with van der Waals surface area (Å²) in [5, 5.41) is 0.174. The van der Waals surface area contributed by atoms with Crippen molar-refractivity contribution in [2.75, 3.05) is 19.5 Å². The lowest BCUT2D eigenvalue weighted by Crippen LogP contribution is -2.36. The molecule has 0 amide bonds. The molecule has 0 spiro atoms. The summed E-state index contributed by atoms with van der Waals surface area (Å²) in [6.07, 6.45) is 4.81. The summed E-state index contributed by atoms with van der Waals surface area (Å²) < 4.78 is 12.4. The number of carbonyl (C=O) groups is 2. The largest absolute Gasteiger partial charge is 0.497 e. The highest BCUT2D eigenvalue weighted by Crippen LogP contribution is 2.41. The van der Waals surface area contributed by atoms with Crippen LogP contribution in [0.4, 0.5) is 0 Å². The van der Waals surface area contributed by atoms with Crippen LogP contribution in [-0.4, -0.2) is 35.0 Å². The van der Waals surface area contributed by atoms with Gasteiger partial charge in [0, 0.05) is 23.8 Å². The van der Waals surface area contributed by atoms with Crippen LogP contribution in [0.3, 0.4) is 0 Å². The zero-order valence-corrected chi connectivity index (χ0v) is 24.9. The fraction of sp³-hybridized carbons (Fsp3) is 0.394. The first-order valence-corrected chi connectivity index (χ1v) is 15.6. The van der Waals surface area contributed by atoms with Crippen molar-refractivity contribution in [1.82, 2.24) is 0 Å². The molecule has 0 aromatic heterocycles. The third-order valence-corrected chi connectivity index (χ3v) is 8.95. The Morgan fingerprint density at radius 3 is 1.77 bits per heavy atom. The Labute approximate surface area is 242 Å². The van der Waals surface area contributed by atoms with Gasteiger partial charge in [0.05, 0.1) is 13.7 Å². The van der Waals surface area contributed by atoms with E-state index in [1.54, 1.807) is 7.11 Å². The number of thioether (sulfide) groups is 2. The van der Waals surface area contributed by atoms with Crippen LogP contribution in [0, 0.1) is 0 Å². The van der Waals surface area contributed by atoms with E-state index < -0.39 is 5.60 Å². The first-order valence-electron chi connectivity index (χ1n) is 13.8. The number of unbranched alkanes of at least 4 members (excludes halogenated alkanes) is 2. The van der Waals surface area contributed by atoms with E-state index in [2.05, 4.69) is 38.1 Å². The maximum Gasteiger partial charge on any atom is 0.189 e. The molecule has 6 heteroatoms. The predicted molar refractivity (Wildman–Crippen MR) is 165 cm³/mol. The molecule has 0 unspecified atom stereocenters. The van der Waals surface area contributed by atoms with E-state index in [4.69, 9.17) is 9.47 Å². The molecule has 39 heavy (non-hydrogen) atoms. The van der Waals surface area contributed by atoms with Crippen molar-refractivity contribution in [3.8, 4) is 5.75 Å². The van der Waals surface area contributed by atoms with Gasteiger partial charge in [-0.05, 0) is 41.7 Å². The number of carbonyl (C=O) groups excluding carboxylic acids is 2. The Morgan fingerprint density at radius 1 is 0.744 bits per heavy atom. The lowest BCUT2D eigenvalue weighted by Gasteiger charge is -2.37. The van der Waals surface area contributed by atoms with Crippen LogP contribution in [-0.2, 0) is 19.9 Å². The van der Waals surface area contributed by atoms with Crippen LogP contribution in [0.15, 0.2) is 84.9 Å². The lowest BCUT2D eigenvalue weighted by atomic mass is 9.80. The van der Waals surface area contributed by atoms with Crippen molar-refractivity contribution in [2.24, 2.45) is 0 Å². The summed E-state index contributed by atoms with van der Waals surface area (Å²) in [7, 11) is 1.66. The van der Waals surface area contributed by atoms with Gasteiger partial charge in [0.2, 0.25) is 0 Å². The Balaban J connectivity index is 1.99. The van der Waals surface area contributed by atoms with E-state index in [9.17, 15) is 9.59 Å². The molecule has 3 aromatic carbocycles. The molecule has 0 bridgehead atoms. The molecule has 3 aromatic rings. The van der Waals surface area contributed by atoms with E-state index in [0.29, 0.717) is 25.2 Å². The summed E-state index contributed by atoms with van der Waals surface area (Å²) >= 11 is 2.65. The number of hydrogen-bond donors (Lipinski definition) is 0. The molecule has 0 aliphatic carbocycles. The number of ether oxygens (including phenoxy) is 2. The van der Waals surface area contributed by atoms with E-state index in [1.165, 1.54) is 23.5 Å². The van der Waals surface area contributed by atoms with Crippen LogP contribution in [0.2, 0.25) is 0 Å². The maximum atomic E-state index is 12.8. The number of benzene rings is 3. The lowest BCUT2D eigenvalue weighted by molar-refractivity contribution is -0.112. The van der Waals surface area contributed by atoms with E-state index in [0.717, 1.165) is 48.1 Å². The fourth-order valence-corrected chi connectivity index (χ4v) is 6.40. The normalized spacial score (nSPS) is 12.2. The minimum Gasteiger partial charge on any atom is -0.497 e. The molecule has 0 heterocycles. The Bertz CT molecular complexity index is 1090. The monoisotopic (exact) mass is 564 g/mol. The zero-order chi connectivity index (χ0) is 27.9. The second kappa shape index (κ2) is 16.5. The highest BCUT2D eigenvalue weighted by Gasteiger charge is 2.38. The molecule has 0 fully saturated rings. The third kappa shape index (κ3) is 8.99. The summed E-state index contributed by atoms with van der Waals surface area (Å²) in [5.74, 6) is 1.30. The van der Waals surface area contributed by atoms with Crippen LogP contribution < -0.4 is 4.74 Å². The van der Waals surface area contributed by atoms with Gasteiger partial charge in [-0.3, -0.25) is 9.59 Å². The van der Waals surface area contributed by atoms with Gasteiger partial charge >= 0.3 is 0 Å². The standard InChI is InChI=1S/C33H40O4S2/c1-4-6-18-31(34)38-25-30(39-32(35)19-7-5-2)24-37-33(26-14-10-8-11-15-26,27-16-12-9-13-17-27)28-20-22-29(36-3)23-21-28/h8-17,20-23,30H,4-7,18-19,24-25H2,1-3H3/t30-/m1/s1. The third-order valence-electron chi connectivity index (χ3n) is 6.54. The molecular weight excluding hydrogens is 524 g/mol. The molecule has 0 N–H and O–H groups in total. The molecule has 3 rings (SSSR count). The van der Waals surface area contributed by atoms with Crippen molar-refractivity contribution in [2.45, 2.75) is 63.2 Å². The van der Waals surface area contributed by atoms with Crippen molar-refractivity contribution in [3.05, 3.63) is 102 Å². The molecule has 0 aliphatic heterocycles. The average molecular weight is 565 g/mol. The van der Waals surface area contributed by atoms with Crippen LogP contribution >= 0.6 is 23.5 Å². The highest BCUT2D eigenvalue weighted by molar-refractivity contribution is 8.17. The summed E-state index contributed by atoms with van der Waals surface area (Å²) in [4.78, 5) is 25.3. The van der Waals surface area contributed by atoms with E-state index in [-0.39, 0.29) is 15.5 Å². The minimum atomic E-state index is -0.906. The first-order chi connectivity index (χ1) is 19.0. The van der Waals surface area contributed by atoms with Gasteiger partial charge in [-0.15, -0.1) is 0 Å². The van der Waals surface area contributed by atoms with Gasteiger partial charge < -0.3 is 9.47 Å². The highest BCUT2D eigenvalue weighted by atomic mass is 32.2. The van der Waals surface area contributed by atoms with E-state index in [1.807, 2.05) is 60.7 Å². The maximum absolute atomic E-state index is 12.8. The van der Waals surface area contributed by atoms with Gasteiger partial charge in [0.1, 0.15) is 11.4 Å². The predicted octanol–water partition coefficient (Wildman–Crippen LogP) is 8.27. The molecule has 4 nitrogen and oxygen atoms in total. The summed E-state index contributed by atoms with van der Waals surface area (Å²) in [6, 6.07) is 28.3. The molecular formula is C33H40O4S2. The summed E-state index contributed by atoms with van der Waals surface area (Å²) in [6.45, 7) is 4.49. The molecule has 0 aliphatic rings. The quantitative estimate of drug-likeness (QED) is 0.163. The summed E-state index contributed by atoms with van der Waals surface area (Å²) in [5.41, 5.74) is 2.05. The molecule has 0 saturated carbocycles. The van der Waals surface area contributed by atoms with Crippen molar-refractivity contribution in [3.63, 3.8) is 0 Å². The van der Waals surface area contributed by atoms with Crippen molar-refractivity contribution >= 4 is 33.8 Å². The average Bonchev–Trinajstić information content (AvgIpc) is 2.99. The van der Waals surface area contributed by atoms with Gasteiger partial charge in [-0.1, -0.05) is 123 Å². The van der Waals surface area contributed by atoms with E-state index >= 15 is 0 Å². The topological polar surface area (TPSA) is 52.6 Å². The second-order valence-electron chi connectivity index (χ2n) is 9.45. The van der Waals surface area contributed by atoms with Gasteiger partial charge in [-0.25, -0.2) is 0 Å². The second-order valence-corrected chi connectivity index (χ2v) is 11.9. The molecule has 0 saturated heterocycles.